The van der Waals surface area contributed by atoms with Crippen LogP contribution in [-0.4, -0.2) is 54.9 Å². The van der Waals surface area contributed by atoms with Crippen LogP contribution in [0.1, 0.15) is 18.0 Å². The average molecular weight is 362 g/mol. The van der Waals surface area contributed by atoms with E-state index in [9.17, 15) is 14.7 Å². The normalized spacial score (nSPS) is 19.2. The molecule has 0 aliphatic carbocycles. The van der Waals surface area contributed by atoms with Crippen LogP contribution in [0.15, 0.2) is 18.2 Å². The molecule has 1 amide bonds. The molecule has 1 aliphatic rings. The van der Waals surface area contributed by atoms with Crippen molar-refractivity contribution in [1.82, 2.24) is 4.90 Å². The maximum atomic E-state index is 12.4. The lowest BCUT2D eigenvalue weighted by Crippen LogP contribution is -2.40. The lowest BCUT2D eigenvalue weighted by molar-refractivity contribution is -0.152. The monoisotopic (exact) mass is 361 g/mol. The van der Waals surface area contributed by atoms with Crippen molar-refractivity contribution in [1.29, 1.82) is 0 Å². The third-order valence-electron chi connectivity index (χ3n) is 3.50. The van der Waals surface area contributed by atoms with Crippen LogP contribution in [0.3, 0.4) is 0 Å². The second-order valence-corrected chi connectivity index (χ2v) is 6.09. The Morgan fingerprint density at radius 2 is 1.96 bits per heavy atom. The van der Waals surface area contributed by atoms with Crippen molar-refractivity contribution in [2.24, 2.45) is 0 Å². The summed E-state index contributed by atoms with van der Waals surface area (Å²) in [4.78, 5) is 25.1. The van der Waals surface area contributed by atoms with Gasteiger partial charge in [-0.05, 0) is 23.8 Å². The largest absolute Gasteiger partial charge is 0.479 e. The van der Waals surface area contributed by atoms with Gasteiger partial charge in [-0.15, -0.1) is 0 Å². The lowest BCUT2D eigenvalue weighted by atomic mass is 10.0. The van der Waals surface area contributed by atoms with Gasteiger partial charge >= 0.3 is 5.97 Å². The summed E-state index contributed by atoms with van der Waals surface area (Å²) in [5.41, 5.74) is 0.340. The first-order valence-corrected chi connectivity index (χ1v) is 7.78. The highest BCUT2D eigenvalue weighted by Crippen LogP contribution is 2.27. The van der Waals surface area contributed by atoms with Gasteiger partial charge in [-0.25, -0.2) is 4.79 Å². The Morgan fingerprint density at radius 1 is 1.30 bits per heavy atom. The highest BCUT2D eigenvalue weighted by Gasteiger charge is 2.30. The number of carbonyl (C=O) groups is 2. The summed E-state index contributed by atoms with van der Waals surface area (Å²) in [7, 11) is 1.43. The molecule has 1 fully saturated rings. The summed E-state index contributed by atoms with van der Waals surface area (Å²) >= 11 is 11.8. The number of hydrogen-bond donors (Lipinski definition) is 1. The molecule has 1 saturated heterocycles. The van der Waals surface area contributed by atoms with E-state index in [1.54, 1.807) is 0 Å². The Hall–Kier alpha value is -1.34. The molecule has 6 nitrogen and oxygen atoms in total. The van der Waals surface area contributed by atoms with Gasteiger partial charge < -0.3 is 19.5 Å². The number of rotatable bonds is 5. The van der Waals surface area contributed by atoms with E-state index in [0.717, 1.165) is 4.90 Å². The van der Waals surface area contributed by atoms with E-state index >= 15 is 0 Å². The minimum atomic E-state index is -1.18. The predicted octanol–water partition coefficient (Wildman–Crippen LogP) is 2.38. The van der Waals surface area contributed by atoms with Gasteiger partial charge in [-0.2, -0.15) is 0 Å². The zero-order valence-electron chi connectivity index (χ0n) is 12.5. The van der Waals surface area contributed by atoms with Crippen molar-refractivity contribution in [3.8, 4) is 0 Å². The molecule has 0 bridgehead atoms. The number of amides is 1. The second kappa shape index (κ2) is 7.97. The van der Waals surface area contributed by atoms with Gasteiger partial charge in [0, 0.05) is 17.1 Å². The van der Waals surface area contributed by atoms with Crippen LogP contribution in [-0.2, 0) is 19.1 Å². The molecule has 0 aromatic heterocycles. The molecule has 1 aromatic carbocycles. The number of carboxylic acids is 1. The topological polar surface area (TPSA) is 76.1 Å². The Balaban J connectivity index is 2.15. The van der Waals surface area contributed by atoms with Crippen LogP contribution in [0.2, 0.25) is 10.0 Å². The van der Waals surface area contributed by atoms with E-state index in [1.807, 2.05) is 0 Å². The number of ether oxygens (including phenoxy) is 2. The zero-order valence-corrected chi connectivity index (χ0v) is 14.0. The molecule has 1 aromatic rings. The molecule has 1 N–H and O–H groups in total. The maximum Gasteiger partial charge on any atom is 0.331 e. The van der Waals surface area contributed by atoms with E-state index in [-0.39, 0.29) is 18.4 Å². The van der Waals surface area contributed by atoms with Gasteiger partial charge in [-0.1, -0.05) is 23.2 Å². The maximum absolute atomic E-state index is 12.4. The standard InChI is InChI=1S/C15H17Cl2NO5/c1-18(13(19)7-12-8-22-2-3-23-12)14(15(20)21)9-4-10(16)6-11(17)5-9/h4-6,12,14H,2-3,7-8H2,1H3,(H,20,21). The number of nitrogens with zero attached hydrogens (tertiary/aromatic N) is 1. The molecule has 0 saturated carbocycles. The molecule has 126 valence electrons. The Kier molecular flexibility index (Phi) is 6.24. The zero-order chi connectivity index (χ0) is 17.0. The molecule has 23 heavy (non-hydrogen) atoms. The molecule has 8 heteroatoms. The fourth-order valence-electron chi connectivity index (χ4n) is 2.40. The van der Waals surface area contributed by atoms with E-state index in [4.69, 9.17) is 32.7 Å². The van der Waals surface area contributed by atoms with Crippen LogP contribution in [0.4, 0.5) is 0 Å². The summed E-state index contributed by atoms with van der Waals surface area (Å²) in [6, 6.07) is 3.29. The van der Waals surface area contributed by atoms with Crippen molar-refractivity contribution in [3.05, 3.63) is 33.8 Å². The summed E-state index contributed by atoms with van der Waals surface area (Å²) in [5.74, 6) is -1.52. The first-order chi connectivity index (χ1) is 10.9. The number of hydrogen-bond acceptors (Lipinski definition) is 4. The van der Waals surface area contributed by atoms with Crippen LogP contribution < -0.4 is 0 Å². The third kappa shape index (κ3) is 4.81. The van der Waals surface area contributed by atoms with Crippen LogP contribution in [0.5, 0.6) is 0 Å². The van der Waals surface area contributed by atoms with Gasteiger partial charge in [0.25, 0.3) is 0 Å². The molecular weight excluding hydrogens is 345 g/mol. The number of likely N-dealkylation sites (N-methyl/N-ethyl adjacent to an activating group) is 1. The number of carboxylic acid groups (broad SMARTS) is 1. The van der Waals surface area contributed by atoms with E-state index in [2.05, 4.69) is 0 Å². The Labute approximate surface area is 143 Å². The molecule has 1 aliphatic heterocycles. The van der Waals surface area contributed by atoms with Gasteiger partial charge in [0.15, 0.2) is 6.04 Å². The Bertz CT molecular complexity index is 569. The minimum absolute atomic E-state index is 0.0502. The first kappa shape index (κ1) is 18.0. The predicted molar refractivity (Wildman–Crippen MR) is 84.8 cm³/mol. The number of carbonyl (C=O) groups excluding carboxylic acids is 1. The highest BCUT2D eigenvalue weighted by molar-refractivity contribution is 6.34. The summed E-state index contributed by atoms with van der Waals surface area (Å²) in [6.07, 6.45) is -0.315. The number of aliphatic carboxylic acids is 1. The molecule has 1 heterocycles. The summed E-state index contributed by atoms with van der Waals surface area (Å²) < 4.78 is 10.7. The van der Waals surface area contributed by atoms with E-state index < -0.39 is 12.0 Å². The Morgan fingerprint density at radius 3 is 2.48 bits per heavy atom. The van der Waals surface area contributed by atoms with Crippen LogP contribution in [0, 0.1) is 0 Å². The van der Waals surface area contributed by atoms with Gasteiger partial charge in [0.1, 0.15) is 0 Å². The fourth-order valence-corrected chi connectivity index (χ4v) is 2.94. The molecular formula is C15H17Cl2NO5. The van der Waals surface area contributed by atoms with Crippen LogP contribution >= 0.6 is 23.2 Å². The molecule has 2 atom stereocenters. The van der Waals surface area contributed by atoms with Crippen molar-refractivity contribution in [2.45, 2.75) is 18.6 Å². The van der Waals surface area contributed by atoms with Gasteiger partial charge in [0.2, 0.25) is 5.91 Å². The summed E-state index contributed by atoms with van der Waals surface area (Å²) in [5, 5.41) is 10.1. The van der Waals surface area contributed by atoms with Gasteiger partial charge in [0.05, 0.1) is 32.3 Å². The molecule has 2 rings (SSSR count). The van der Waals surface area contributed by atoms with Crippen molar-refractivity contribution < 1.29 is 24.2 Å². The minimum Gasteiger partial charge on any atom is -0.479 e. The average Bonchev–Trinajstić information content (AvgIpc) is 2.46. The molecule has 2 unspecified atom stereocenters. The van der Waals surface area contributed by atoms with E-state index in [1.165, 1.54) is 25.2 Å². The number of benzene rings is 1. The highest BCUT2D eigenvalue weighted by atomic mass is 35.5. The lowest BCUT2D eigenvalue weighted by Gasteiger charge is -2.28. The SMILES string of the molecule is CN(C(=O)CC1COCCO1)C(C(=O)O)c1cc(Cl)cc(Cl)c1. The number of halogens is 2. The molecule has 0 radical (unpaired) electrons. The van der Waals surface area contributed by atoms with Crippen molar-refractivity contribution in [2.75, 3.05) is 26.9 Å². The third-order valence-corrected chi connectivity index (χ3v) is 3.94. The summed E-state index contributed by atoms with van der Waals surface area (Å²) in [6.45, 7) is 1.24. The smallest absolute Gasteiger partial charge is 0.331 e. The fraction of sp³-hybridized carbons (Fsp3) is 0.467. The molecule has 0 spiro atoms. The van der Waals surface area contributed by atoms with Crippen molar-refractivity contribution >= 4 is 35.1 Å². The first-order valence-electron chi connectivity index (χ1n) is 7.02. The van der Waals surface area contributed by atoms with Crippen molar-refractivity contribution in [3.63, 3.8) is 0 Å². The quantitative estimate of drug-likeness (QED) is 0.871. The second-order valence-electron chi connectivity index (χ2n) is 5.22. The van der Waals surface area contributed by atoms with Gasteiger partial charge in [-0.3, -0.25) is 4.79 Å². The van der Waals surface area contributed by atoms with E-state index in [0.29, 0.717) is 35.4 Å². The van der Waals surface area contributed by atoms with Crippen LogP contribution in [0.25, 0.3) is 0 Å².